The number of carbonyl (C=O) groups is 2. The second kappa shape index (κ2) is 14.2. The number of hydrogen-bond acceptors (Lipinski definition) is 8. The van der Waals surface area contributed by atoms with E-state index >= 15 is 0 Å². The molecule has 0 radical (unpaired) electrons. The number of pyridine rings is 2. The largest absolute Gasteiger partial charge is 0.344 e. The topological polar surface area (TPSA) is 162 Å². The Morgan fingerprint density at radius 1 is 0.935 bits per heavy atom. The molecule has 12 heteroatoms. The fraction of sp³-hybridized carbons (Fsp3) is 0.294. The van der Waals surface area contributed by atoms with Gasteiger partial charge in [-0.25, -0.2) is 10.8 Å². The number of rotatable bonds is 12. The van der Waals surface area contributed by atoms with Crippen LogP contribution in [0.15, 0.2) is 83.8 Å². The molecule has 5 rings (SSSR count). The third-order valence-corrected chi connectivity index (χ3v) is 8.17. The van der Waals surface area contributed by atoms with Gasteiger partial charge in [-0.15, -0.1) is 10.2 Å². The van der Waals surface area contributed by atoms with Crippen molar-refractivity contribution >= 4 is 28.8 Å². The normalized spacial score (nSPS) is 13.2. The molecular weight excluding hydrogens is 582 g/mol. The van der Waals surface area contributed by atoms with Crippen LogP contribution in [0.1, 0.15) is 60.7 Å². The summed E-state index contributed by atoms with van der Waals surface area (Å²) in [6.07, 6.45) is 2.50. The summed E-state index contributed by atoms with van der Waals surface area (Å²) in [6, 6.07) is 21.0. The highest BCUT2D eigenvalue weighted by Crippen LogP contribution is 2.25. The number of para-hydroxylation sites is 1. The number of nitrogens with one attached hydrogen (secondary N) is 3. The van der Waals surface area contributed by atoms with Crippen LogP contribution in [-0.4, -0.2) is 42.2 Å². The third kappa shape index (κ3) is 6.66. The first-order valence-corrected chi connectivity index (χ1v) is 15.4. The molecule has 0 aliphatic heterocycles. The molecule has 0 saturated heterocycles. The van der Waals surface area contributed by atoms with Crippen molar-refractivity contribution < 1.29 is 9.59 Å². The fourth-order valence-electron chi connectivity index (χ4n) is 5.45. The lowest BCUT2D eigenvalue weighted by Crippen LogP contribution is -2.52. The van der Waals surface area contributed by atoms with Gasteiger partial charge in [0, 0.05) is 18.4 Å². The van der Waals surface area contributed by atoms with Crippen LogP contribution in [0.25, 0.3) is 16.7 Å². The Bertz CT molecular complexity index is 1890. The van der Waals surface area contributed by atoms with Crippen molar-refractivity contribution in [1.82, 2.24) is 34.9 Å². The van der Waals surface area contributed by atoms with E-state index in [9.17, 15) is 14.4 Å². The van der Waals surface area contributed by atoms with E-state index in [2.05, 4.69) is 31.2 Å². The number of hydrogen-bond donors (Lipinski definition) is 4. The molecule has 3 atom stereocenters. The average Bonchev–Trinajstić information content (AvgIpc) is 3.51. The molecule has 12 nitrogen and oxygen atoms in total. The molecular formula is C34H39N9O3. The number of nitrogen functional groups attached to an aromatic ring is 1. The van der Waals surface area contributed by atoms with Crippen LogP contribution in [0, 0.1) is 12.8 Å². The van der Waals surface area contributed by atoms with Gasteiger partial charge in [-0.05, 0) is 56.0 Å². The molecule has 3 unspecified atom stereocenters. The van der Waals surface area contributed by atoms with Gasteiger partial charge in [0.15, 0.2) is 5.82 Å². The highest BCUT2D eigenvalue weighted by atomic mass is 16.2. The van der Waals surface area contributed by atoms with Gasteiger partial charge in [-0.2, -0.15) is 0 Å². The van der Waals surface area contributed by atoms with Crippen molar-refractivity contribution in [2.45, 2.75) is 59.2 Å². The van der Waals surface area contributed by atoms with Gasteiger partial charge in [0.25, 0.3) is 5.91 Å². The number of nitrogens with zero attached hydrogens (tertiary/aromatic N) is 5. The molecule has 3 heterocycles. The molecule has 5 aromatic rings. The number of aromatic nitrogens is 5. The van der Waals surface area contributed by atoms with Crippen molar-refractivity contribution in [3.05, 3.63) is 112 Å². The van der Waals surface area contributed by atoms with E-state index in [1.807, 2.05) is 88.4 Å². The van der Waals surface area contributed by atoms with Gasteiger partial charge >= 0.3 is 0 Å². The Balaban J connectivity index is 1.50. The maximum atomic E-state index is 14.1. The quantitative estimate of drug-likeness (QED) is 0.121. The van der Waals surface area contributed by atoms with Crippen LogP contribution >= 0.6 is 0 Å². The Morgan fingerprint density at radius 3 is 2.28 bits per heavy atom. The highest BCUT2D eigenvalue weighted by Gasteiger charge is 2.32. The first kappa shape index (κ1) is 32.0. The standard InChI is InChI=1S/C34H39N9O3/c1-5-21(3)28(38-32(45)26-20-42(6-2)30-25(29(26)44)18-17-22(4)36-30)33(46)37-27(19-23-13-9-7-10-14-23)31-40-41-34(39-35)43(31)24-15-11-8-12-16-24/h7-18,20-21,27-28H,5-6,19,35H2,1-4H3,(H,37,46)(H,38,45)(H,39,41). The minimum Gasteiger partial charge on any atom is -0.344 e. The number of carbonyl (C=O) groups excluding carboxylic acids is 2. The lowest BCUT2D eigenvalue weighted by molar-refractivity contribution is -0.125. The first-order valence-electron chi connectivity index (χ1n) is 15.4. The van der Waals surface area contributed by atoms with E-state index in [1.54, 1.807) is 21.3 Å². The smallest absolute Gasteiger partial charge is 0.257 e. The van der Waals surface area contributed by atoms with Crippen molar-refractivity contribution in [3.8, 4) is 5.69 Å². The van der Waals surface area contributed by atoms with Crippen LogP contribution in [0.2, 0.25) is 0 Å². The van der Waals surface area contributed by atoms with Gasteiger partial charge in [0.05, 0.1) is 17.1 Å². The van der Waals surface area contributed by atoms with Crippen LogP contribution in [-0.2, 0) is 17.8 Å². The number of anilines is 1. The summed E-state index contributed by atoms with van der Waals surface area (Å²) in [5, 5.41) is 15.0. The molecule has 0 spiro atoms. The summed E-state index contributed by atoms with van der Waals surface area (Å²) in [4.78, 5) is 45.9. The minimum absolute atomic E-state index is 0.0515. The van der Waals surface area contributed by atoms with Gasteiger partial charge in [-0.1, -0.05) is 68.8 Å². The van der Waals surface area contributed by atoms with E-state index < -0.39 is 29.3 Å². The molecule has 238 valence electrons. The number of nitrogens with two attached hydrogens (primary N) is 1. The lowest BCUT2D eigenvalue weighted by atomic mass is 9.96. The predicted octanol–water partition coefficient (Wildman–Crippen LogP) is 3.84. The van der Waals surface area contributed by atoms with Crippen molar-refractivity contribution in [2.24, 2.45) is 11.8 Å². The van der Waals surface area contributed by atoms with Crippen molar-refractivity contribution in [3.63, 3.8) is 0 Å². The van der Waals surface area contributed by atoms with Crippen molar-refractivity contribution in [1.29, 1.82) is 0 Å². The van der Waals surface area contributed by atoms with Gasteiger partial charge in [0.2, 0.25) is 17.3 Å². The maximum Gasteiger partial charge on any atom is 0.257 e. The average molecular weight is 622 g/mol. The van der Waals surface area contributed by atoms with Crippen LogP contribution < -0.4 is 27.3 Å². The molecule has 46 heavy (non-hydrogen) atoms. The van der Waals surface area contributed by atoms with E-state index in [1.165, 1.54) is 6.20 Å². The zero-order valence-electron chi connectivity index (χ0n) is 26.4. The molecule has 2 amide bonds. The van der Waals surface area contributed by atoms with Crippen LogP contribution in [0.4, 0.5) is 5.95 Å². The van der Waals surface area contributed by atoms with E-state index in [0.29, 0.717) is 42.2 Å². The van der Waals surface area contributed by atoms with E-state index in [-0.39, 0.29) is 11.5 Å². The molecule has 3 aromatic heterocycles. The zero-order valence-corrected chi connectivity index (χ0v) is 26.4. The summed E-state index contributed by atoms with van der Waals surface area (Å²) in [6.45, 7) is 8.10. The second-order valence-electron chi connectivity index (χ2n) is 11.3. The van der Waals surface area contributed by atoms with Crippen LogP contribution in [0.5, 0.6) is 0 Å². The second-order valence-corrected chi connectivity index (χ2v) is 11.3. The molecule has 2 aromatic carbocycles. The SMILES string of the molecule is CCC(C)C(NC(=O)c1cn(CC)c2nc(C)ccc2c1=O)C(=O)NC(Cc1ccccc1)c1nnc(NN)n1-c1ccccc1. The molecule has 0 bridgehead atoms. The van der Waals surface area contributed by atoms with Gasteiger partial charge < -0.3 is 15.2 Å². The monoisotopic (exact) mass is 621 g/mol. The number of amides is 2. The Kier molecular flexibility index (Phi) is 9.87. The summed E-state index contributed by atoms with van der Waals surface area (Å²) < 4.78 is 3.52. The number of hydrazine groups is 1. The lowest BCUT2D eigenvalue weighted by Gasteiger charge is -2.27. The molecule has 0 aliphatic carbocycles. The first-order chi connectivity index (χ1) is 22.2. The number of benzene rings is 2. The summed E-state index contributed by atoms with van der Waals surface area (Å²) in [5.74, 6) is 5.26. The molecule has 0 aliphatic rings. The predicted molar refractivity (Wildman–Crippen MR) is 177 cm³/mol. The highest BCUT2D eigenvalue weighted by molar-refractivity contribution is 5.99. The third-order valence-electron chi connectivity index (χ3n) is 8.17. The van der Waals surface area contributed by atoms with Gasteiger partial charge in [-0.3, -0.25) is 24.4 Å². The summed E-state index contributed by atoms with van der Waals surface area (Å²) in [7, 11) is 0. The zero-order chi connectivity index (χ0) is 32.8. The Hall–Kier alpha value is -5.36. The van der Waals surface area contributed by atoms with Gasteiger partial charge in [0.1, 0.15) is 17.3 Å². The Morgan fingerprint density at radius 2 is 1.63 bits per heavy atom. The van der Waals surface area contributed by atoms with Crippen LogP contribution in [0.3, 0.4) is 0 Å². The molecule has 5 N–H and O–H groups in total. The number of aryl methyl sites for hydroxylation is 2. The fourth-order valence-corrected chi connectivity index (χ4v) is 5.45. The van der Waals surface area contributed by atoms with Crippen molar-refractivity contribution in [2.75, 3.05) is 5.43 Å². The summed E-state index contributed by atoms with van der Waals surface area (Å²) >= 11 is 0. The summed E-state index contributed by atoms with van der Waals surface area (Å²) in [5.41, 5.74) is 5.10. The minimum atomic E-state index is -0.947. The molecule has 0 saturated carbocycles. The maximum absolute atomic E-state index is 14.1. The Labute approximate surface area is 267 Å². The van der Waals surface area contributed by atoms with E-state index in [0.717, 1.165) is 16.9 Å². The van der Waals surface area contributed by atoms with E-state index in [4.69, 9.17) is 5.84 Å². The number of fused-ring (bicyclic) bond motifs is 1. The molecule has 0 fully saturated rings.